The molecule has 0 fully saturated rings. The summed E-state index contributed by atoms with van der Waals surface area (Å²) < 4.78 is 50.9. The van der Waals surface area contributed by atoms with Crippen LogP contribution in [0.4, 0.5) is 14.5 Å². The van der Waals surface area contributed by atoms with Crippen LogP contribution in [0, 0.1) is 11.6 Å². The third-order valence-corrected chi connectivity index (χ3v) is 3.39. The molecule has 0 aliphatic carbocycles. The smallest absolute Gasteiger partial charge is 0.232 e. The highest BCUT2D eigenvalue weighted by molar-refractivity contribution is 7.92. The molecule has 4 nitrogen and oxygen atoms in total. The Morgan fingerprint density at radius 3 is 2.59 bits per heavy atom. The molecule has 1 aromatic carbocycles. The molecular formula is C10H14F2N2O2S. The molecule has 1 aromatic rings. The Labute approximate surface area is 99.1 Å². The standard InChI is InChI=1S/C10H14F2N2O2S/c1-13-5-2-6-17(15,16)14-10-4-3-8(11)7-9(10)12/h3-4,7,13-14H,2,5-6H2,1H3. The second-order valence-electron chi connectivity index (χ2n) is 3.50. The molecule has 0 heterocycles. The van der Waals surface area contributed by atoms with Crippen molar-refractivity contribution in [3.63, 3.8) is 0 Å². The van der Waals surface area contributed by atoms with Crippen LogP contribution in [0.2, 0.25) is 0 Å². The third kappa shape index (κ3) is 4.66. The molecule has 2 N–H and O–H groups in total. The van der Waals surface area contributed by atoms with E-state index in [1.54, 1.807) is 7.05 Å². The van der Waals surface area contributed by atoms with Crippen LogP contribution in [0.25, 0.3) is 0 Å². The Balaban J connectivity index is 2.69. The summed E-state index contributed by atoms with van der Waals surface area (Å²) >= 11 is 0. The summed E-state index contributed by atoms with van der Waals surface area (Å²) in [4.78, 5) is 0. The lowest BCUT2D eigenvalue weighted by Crippen LogP contribution is -2.20. The van der Waals surface area contributed by atoms with Crippen molar-refractivity contribution in [2.24, 2.45) is 0 Å². The van der Waals surface area contributed by atoms with Gasteiger partial charge in [-0.1, -0.05) is 0 Å². The normalized spacial score (nSPS) is 11.5. The second kappa shape index (κ2) is 5.92. The number of rotatable bonds is 6. The minimum atomic E-state index is -3.59. The Morgan fingerprint density at radius 2 is 2.00 bits per heavy atom. The van der Waals surface area contributed by atoms with Gasteiger partial charge in [0.25, 0.3) is 0 Å². The van der Waals surface area contributed by atoms with E-state index in [1.807, 2.05) is 0 Å². The van der Waals surface area contributed by atoms with E-state index in [0.717, 1.165) is 12.1 Å². The SMILES string of the molecule is CNCCCS(=O)(=O)Nc1ccc(F)cc1F. The van der Waals surface area contributed by atoms with Crippen LogP contribution in [-0.4, -0.2) is 27.8 Å². The number of sulfonamides is 1. The van der Waals surface area contributed by atoms with E-state index >= 15 is 0 Å². The van der Waals surface area contributed by atoms with Gasteiger partial charge in [0.15, 0.2) is 0 Å². The summed E-state index contributed by atoms with van der Waals surface area (Å²) in [6.45, 7) is 0.548. The highest BCUT2D eigenvalue weighted by atomic mass is 32.2. The molecule has 0 spiro atoms. The van der Waals surface area contributed by atoms with Gasteiger partial charge in [0.2, 0.25) is 10.0 Å². The zero-order valence-electron chi connectivity index (χ0n) is 9.33. The lowest BCUT2D eigenvalue weighted by atomic mass is 10.3. The Morgan fingerprint density at radius 1 is 1.29 bits per heavy atom. The van der Waals surface area contributed by atoms with E-state index in [2.05, 4.69) is 10.0 Å². The van der Waals surface area contributed by atoms with E-state index in [1.165, 1.54) is 0 Å². The number of halogens is 2. The average molecular weight is 264 g/mol. The van der Waals surface area contributed by atoms with E-state index < -0.39 is 21.7 Å². The number of hydrogen-bond donors (Lipinski definition) is 2. The van der Waals surface area contributed by atoms with Crippen LogP contribution in [0.15, 0.2) is 18.2 Å². The molecule has 0 unspecified atom stereocenters. The maximum absolute atomic E-state index is 13.2. The molecule has 96 valence electrons. The molecule has 0 aliphatic heterocycles. The van der Waals surface area contributed by atoms with E-state index in [9.17, 15) is 17.2 Å². The third-order valence-electron chi connectivity index (χ3n) is 2.04. The fourth-order valence-electron chi connectivity index (χ4n) is 1.23. The van der Waals surface area contributed by atoms with Gasteiger partial charge < -0.3 is 5.32 Å². The number of hydrogen-bond acceptors (Lipinski definition) is 3. The molecule has 17 heavy (non-hydrogen) atoms. The zero-order valence-corrected chi connectivity index (χ0v) is 10.2. The summed E-state index contributed by atoms with van der Waals surface area (Å²) in [5.74, 6) is -1.80. The van der Waals surface area contributed by atoms with Crippen LogP contribution in [0.3, 0.4) is 0 Å². The maximum Gasteiger partial charge on any atom is 0.232 e. The van der Waals surface area contributed by atoms with E-state index in [-0.39, 0.29) is 11.4 Å². The first-order valence-electron chi connectivity index (χ1n) is 5.05. The monoisotopic (exact) mass is 264 g/mol. The first kappa shape index (κ1) is 13.9. The highest BCUT2D eigenvalue weighted by Gasteiger charge is 2.13. The van der Waals surface area contributed by atoms with Crippen LogP contribution in [-0.2, 0) is 10.0 Å². The fourth-order valence-corrected chi connectivity index (χ4v) is 2.36. The largest absolute Gasteiger partial charge is 0.320 e. The fraction of sp³-hybridized carbons (Fsp3) is 0.400. The van der Waals surface area contributed by atoms with Crippen molar-refractivity contribution < 1.29 is 17.2 Å². The van der Waals surface area contributed by atoms with Gasteiger partial charge in [-0.2, -0.15) is 0 Å². The first-order valence-corrected chi connectivity index (χ1v) is 6.70. The topological polar surface area (TPSA) is 58.2 Å². The second-order valence-corrected chi connectivity index (χ2v) is 5.34. The molecule has 0 aromatic heterocycles. The van der Waals surface area contributed by atoms with Gasteiger partial charge in [0.05, 0.1) is 11.4 Å². The summed E-state index contributed by atoms with van der Waals surface area (Å²) in [7, 11) is -1.89. The summed E-state index contributed by atoms with van der Waals surface area (Å²) in [5, 5.41) is 2.81. The van der Waals surface area contributed by atoms with Gasteiger partial charge in [0, 0.05) is 6.07 Å². The predicted octanol–water partition coefficient (Wildman–Crippen LogP) is 1.32. The van der Waals surface area contributed by atoms with Crippen molar-refractivity contribution in [2.45, 2.75) is 6.42 Å². The van der Waals surface area contributed by atoms with Gasteiger partial charge in [-0.05, 0) is 32.1 Å². The lowest BCUT2D eigenvalue weighted by Gasteiger charge is -2.08. The summed E-state index contributed by atoms with van der Waals surface area (Å²) in [6.07, 6.45) is 0.411. The zero-order chi connectivity index (χ0) is 12.9. The maximum atomic E-state index is 13.2. The quantitative estimate of drug-likeness (QED) is 0.762. The van der Waals surface area contributed by atoms with Gasteiger partial charge >= 0.3 is 0 Å². The Kier molecular flexibility index (Phi) is 4.83. The van der Waals surface area contributed by atoms with Gasteiger partial charge in [-0.3, -0.25) is 4.72 Å². The molecule has 0 atom stereocenters. The molecule has 0 amide bonds. The van der Waals surface area contributed by atoms with Crippen molar-refractivity contribution in [2.75, 3.05) is 24.1 Å². The molecule has 7 heteroatoms. The van der Waals surface area contributed by atoms with E-state index in [0.29, 0.717) is 19.0 Å². The molecule has 0 saturated heterocycles. The minimum Gasteiger partial charge on any atom is -0.320 e. The lowest BCUT2D eigenvalue weighted by molar-refractivity contribution is 0.582. The number of benzene rings is 1. The average Bonchev–Trinajstić information content (AvgIpc) is 2.22. The first-order chi connectivity index (χ1) is 7.94. The predicted molar refractivity (Wildman–Crippen MR) is 62.3 cm³/mol. The Bertz CT molecular complexity index is 477. The Hall–Kier alpha value is -1.21. The highest BCUT2D eigenvalue weighted by Crippen LogP contribution is 2.16. The molecular weight excluding hydrogens is 250 g/mol. The molecule has 0 radical (unpaired) electrons. The van der Waals surface area contributed by atoms with Gasteiger partial charge in [-0.15, -0.1) is 0 Å². The van der Waals surface area contributed by atoms with Crippen LogP contribution >= 0.6 is 0 Å². The van der Waals surface area contributed by atoms with Gasteiger partial charge in [-0.25, -0.2) is 17.2 Å². The molecule has 1 rings (SSSR count). The molecule has 0 aliphatic rings. The van der Waals surface area contributed by atoms with E-state index in [4.69, 9.17) is 0 Å². The number of nitrogens with one attached hydrogen (secondary N) is 2. The number of anilines is 1. The van der Waals surface area contributed by atoms with Crippen molar-refractivity contribution in [3.8, 4) is 0 Å². The van der Waals surface area contributed by atoms with Crippen molar-refractivity contribution in [1.82, 2.24) is 5.32 Å². The van der Waals surface area contributed by atoms with Crippen molar-refractivity contribution in [3.05, 3.63) is 29.8 Å². The van der Waals surface area contributed by atoms with Crippen molar-refractivity contribution >= 4 is 15.7 Å². The molecule has 0 bridgehead atoms. The van der Waals surface area contributed by atoms with Crippen molar-refractivity contribution in [1.29, 1.82) is 0 Å². The summed E-state index contributed by atoms with van der Waals surface area (Å²) in [5.41, 5.74) is -0.240. The van der Waals surface area contributed by atoms with Crippen LogP contribution in [0.1, 0.15) is 6.42 Å². The van der Waals surface area contributed by atoms with Gasteiger partial charge in [0.1, 0.15) is 11.6 Å². The molecule has 0 saturated carbocycles. The van der Waals surface area contributed by atoms with Crippen LogP contribution < -0.4 is 10.0 Å². The van der Waals surface area contributed by atoms with Crippen LogP contribution in [0.5, 0.6) is 0 Å². The minimum absolute atomic E-state index is 0.120. The summed E-state index contributed by atoms with van der Waals surface area (Å²) in [6, 6.07) is 2.68.